The third kappa shape index (κ3) is 2.65. The summed E-state index contributed by atoms with van der Waals surface area (Å²) in [5.41, 5.74) is 5.58. The van der Waals surface area contributed by atoms with Crippen molar-refractivity contribution in [3.8, 4) is 0 Å². The molecule has 0 aromatic carbocycles. The van der Waals surface area contributed by atoms with Crippen LogP contribution in [0.3, 0.4) is 0 Å². The van der Waals surface area contributed by atoms with Crippen molar-refractivity contribution >= 4 is 48.2 Å². The molecule has 0 fully saturated rings. The number of aromatic nitrogens is 3. The fraction of sp³-hybridized carbons (Fsp3) is 0.250. The number of halogens is 1. The number of hydrogen-bond acceptors (Lipinski definition) is 6. The molecule has 2 aromatic heterocycles. The van der Waals surface area contributed by atoms with Crippen LogP contribution in [0.25, 0.3) is 0 Å². The summed E-state index contributed by atoms with van der Waals surface area (Å²) >= 11 is 4.38. The highest BCUT2D eigenvalue weighted by Crippen LogP contribution is 2.26. The number of sulfonamides is 1. The van der Waals surface area contributed by atoms with Gasteiger partial charge in [0.15, 0.2) is 10.9 Å². The molecule has 2 aromatic rings. The first-order valence-electron chi connectivity index (χ1n) is 4.89. The van der Waals surface area contributed by atoms with Crippen LogP contribution < -0.4 is 10.5 Å². The lowest BCUT2D eigenvalue weighted by molar-refractivity contribution is 0.600. The van der Waals surface area contributed by atoms with Crippen molar-refractivity contribution in [1.82, 2.24) is 14.8 Å². The lowest BCUT2D eigenvalue weighted by Gasteiger charge is -2.02. The Morgan fingerprint density at radius 3 is 2.83 bits per heavy atom. The predicted molar refractivity (Wildman–Crippen MR) is 72.9 cm³/mol. The summed E-state index contributed by atoms with van der Waals surface area (Å²) in [7, 11) is -3.75. The number of aryl methyl sites for hydroxylation is 1. The van der Waals surface area contributed by atoms with Gasteiger partial charge in [0.1, 0.15) is 4.90 Å². The van der Waals surface area contributed by atoms with E-state index in [1.807, 2.05) is 6.92 Å². The molecule has 0 saturated carbocycles. The number of rotatable bonds is 4. The number of nitrogens with two attached hydrogens (primary N) is 1. The molecule has 0 unspecified atom stereocenters. The van der Waals surface area contributed by atoms with Crippen molar-refractivity contribution in [2.24, 2.45) is 0 Å². The number of nitrogens with zero attached hydrogens (tertiary/aromatic N) is 3. The molecule has 0 amide bonds. The molecule has 3 N–H and O–H groups in total. The molecule has 0 atom stereocenters. The van der Waals surface area contributed by atoms with Gasteiger partial charge in [-0.3, -0.25) is 9.40 Å². The van der Waals surface area contributed by atoms with E-state index in [4.69, 9.17) is 5.73 Å². The van der Waals surface area contributed by atoms with Crippen molar-refractivity contribution in [2.75, 3.05) is 10.5 Å². The molecule has 0 radical (unpaired) electrons. The van der Waals surface area contributed by atoms with Crippen molar-refractivity contribution in [2.45, 2.75) is 18.4 Å². The first-order valence-corrected chi connectivity index (χ1v) is 7.98. The van der Waals surface area contributed by atoms with Crippen LogP contribution in [0.2, 0.25) is 0 Å². The van der Waals surface area contributed by atoms with Gasteiger partial charge in [-0.2, -0.15) is 5.10 Å². The summed E-state index contributed by atoms with van der Waals surface area (Å²) in [4.78, 5) is 3.85. The highest BCUT2D eigenvalue weighted by atomic mass is 79.9. The van der Waals surface area contributed by atoms with Crippen LogP contribution in [0.1, 0.15) is 6.92 Å². The van der Waals surface area contributed by atoms with Gasteiger partial charge in [0.05, 0.1) is 9.98 Å². The minimum Gasteiger partial charge on any atom is -0.381 e. The lowest BCUT2D eigenvalue weighted by Crippen LogP contribution is -2.13. The van der Waals surface area contributed by atoms with Gasteiger partial charge in [-0.1, -0.05) is 11.3 Å². The highest BCUT2D eigenvalue weighted by Gasteiger charge is 2.22. The van der Waals surface area contributed by atoms with Crippen LogP contribution in [0.5, 0.6) is 0 Å². The van der Waals surface area contributed by atoms with E-state index in [-0.39, 0.29) is 15.8 Å². The fourth-order valence-corrected chi connectivity index (χ4v) is 3.68. The third-order valence-electron chi connectivity index (χ3n) is 2.07. The SMILES string of the molecule is CCn1cc(S(=O)(=O)Nc2ncc(Br)s2)c(N)n1. The minimum absolute atomic E-state index is 0.0278. The first kappa shape index (κ1) is 13.3. The molecule has 18 heavy (non-hydrogen) atoms. The summed E-state index contributed by atoms with van der Waals surface area (Å²) in [6, 6.07) is 0. The van der Waals surface area contributed by atoms with Gasteiger partial charge in [-0.15, -0.1) is 0 Å². The summed E-state index contributed by atoms with van der Waals surface area (Å²) in [5, 5.41) is 4.16. The van der Waals surface area contributed by atoms with Gasteiger partial charge >= 0.3 is 0 Å². The van der Waals surface area contributed by atoms with Crippen LogP contribution >= 0.6 is 27.3 Å². The van der Waals surface area contributed by atoms with Gasteiger partial charge in [-0.25, -0.2) is 13.4 Å². The molecular formula is C8H10BrN5O2S2. The van der Waals surface area contributed by atoms with Crippen molar-refractivity contribution < 1.29 is 8.42 Å². The standard InChI is InChI=1S/C8H10BrN5O2S2/c1-2-14-4-5(7(10)12-14)18(15,16)13-8-11-3-6(9)17-8/h3-4H,2H2,1H3,(H2,10,12)(H,11,13). The smallest absolute Gasteiger partial charge is 0.268 e. The molecule has 2 rings (SSSR count). The van der Waals surface area contributed by atoms with E-state index >= 15 is 0 Å². The largest absolute Gasteiger partial charge is 0.381 e. The molecule has 0 spiro atoms. The van der Waals surface area contributed by atoms with Crippen LogP contribution in [-0.4, -0.2) is 23.2 Å². The molecule has 7 nitrogen and oxygen atoms in total. The van der Waals surface area contributed by atoms with Gasteiger partial charge in [0.25, 0.3) is 10.0 Å². The second kappa shape index (κ2) is 4.86. The van der Waals surface area contributed by atoms with Crippen LogP contribution in [-0.2, 0) is 16.6 Å². The zero-order valence-electron chi connectivity index (χ0n) is 9.29. The number of anilines is 2. The van der Waals surface area contributed by atoms with Crippen molar-refractivity contribution in [3.63, 3.8) is 0 Å². The predicted octanol–water partition coefficient (Wildman–Crippen LogP) is 1.50. The van der Waals surface area contributed by atoms with Crippen molar-refractivity contribution in [3.05, 3.63) is 16.2 Å². The Morgan fingerprint density at radius 2 is 2.33 bits per heavy atom. The number of nitrogens with one attached hydrogen (secondary N) is 1. The van der Waals surface area contributed by atoms with Gasteiger partial charge < -0.3 is 5.73 Å². The number of nitrogen functional groups attached to an aromatic ring is 1. The van der Waals surface area contributed by atoms with E-state index in [1.54, 1.807) is 0 Å². The molecular weight excluding hydrogens is 342 g/mol. The van der Waals surface area contributed by atoms with Crippen LogP contribution in [0, 0.1) is 0 Å². The fourth-order valence-electron chi connectivity index (χ4n) is 1.26. The summed E-state index contributed by atoms with van der Waals surface area (Å²) < 4.78 is 28.7. The van der Waals surface area contributed by atoms with Gasteiger partial charge in [0.2, 0.25) is 0 Å². The Kier molecular flexibility index (Phi) is 3.59. The van der Waals surface area contributed by atoms with Crippen LogP contribution in [0.4, 0.5) is 10.9 Å². The van der Waals surface area contributed by atoms with E-state index in [2.05, 4.69) is 30.7 Å². The van der Waals surface area contributed by atoms with Crippen LogP contribution in [0.15, 0.2) is 21.1 Å². The molecule has 0 aliphatic rings. The van der Waals surface area contributed by atoms with E-state index < -0.39 is 10.0 Å². The zero-order chi connectivity index (χ0) is 13.3. The number of thiazole rings is 1. The maximum Gasteiger partial charge on any atom is 0.268 e. The second-order valence-corrected chi connectivity index (χ2v) is 7.37. The molecule has 0 aliphatic carbocycles. The molecule has 0 bridgehead atoms. The molecule has 2 heterocycles. The zero-order valence-corrected chi connectivity index (χ0v) is 12.5. The molecule has 10 heteroatoms. The topological polar surface area (TPSA) is 103 Å². The Balaban J connectivity index is 2.33. The van der Waals surface area contributed by atoms with Gasteiger partial charge in [0, 0.05) is 12.7 Å². The van der Waals surface area contributed by atoms with E-state index in [0.717, 1.165) is 3.79 Å². The Bertz CT molecular complexity index is 663. The summed E-state index contributed by atoms with van der Waals surface area (Å²) in [5.74, 6) is -0.0278. The quantitative estimate of drug-likeness (QED) is 0.868. The molecule has 98 valence electrons. The van der Waals surface area contributed by atoms with E-state index in [9.17, 15) is 8.42 Å². The summed E-state index contributed by atoms with van der Waals surface area (Å²) in [6.07, 6.45) is 2.90. The molecule has 0 aliphatic heterocycles. The molecule has 0 saturated heterocycles. The van der Waals surface area contributed by atoms with Gasteiger partial charge in [-0.05, 0) is 22.9 Å². The average molecular weight is 352 g/mol. The van der Waals surface area contributed by atoms with E-state index in [0.29, 0.717) is 6.54 Å². The van der Waals surface area contributed by atoms with E-state index in [1.165, 1.54) is 28.4 Å². The maximum atomic E-state index is 12.1. The van der Waals surface area contributed by atoms with Crippen molar-refractivity contribution in [1.29, 1.82) is 0 Å². The second-order valence-electron chi connectivity index (χ2n) is 3.31. The minimum atomic E-state index is -3.75. The first-order chi connectivity index (χ1) is 8.42. The Morgan fingerprint density at radius 1 is 1.61 bits per heavy atom. The maximum absolute atomic E-state index is 12.1. The summed E-state index contributed by atoms with van der Waals surface area (Å²) in [6.45, 7) is 2.39. The Hall–Kier alpha value is -1.13. The monoisotopic (exact) mass is 351 g/mol. The lowest BCUT2D eigenvalue weighted by atomic mass is 10.6. The average Bonchev–Trinajstić information content (AvgIpc) is 2.84. The number of hydrogen-bond donors (Lipinski definition) is 2. The Labute approximate surface area is 116 Å². The third-order valence-corrected chi connectivity index (χ3v) is 4.94. The highest BCUT2D eigenvalue weighted by molar-refractivity contribution is 9.11. The normalized spacial score (nSPS) is 11.7.